The zero-order chi connectivity index (χ0) is 40.5. The van der Waals surface area contributed by atoms with Gasteiger partial charge in [0, 0.05) is 59.0 Å². The van der Waals surface area contributed by atoms with Gasteiger partial charge in [0.2, 0.25) is 0 Å². The van der Waals surface area contributed by atoms with Crippen LogP contribution < -0.4 is 10.0 Å². The van der Waals surface area contributed by atoms with Gasteiger partial charge in [-0.05, 0) is 106 Å². The molecule has 58 heavy (non-hydrogen) atoms. The van der Waals surface area contributed by atoms with Crippen LogP contribution in [0.3, 0.4) is 0 Å². The van der Waals surface area contributed by atoms with Crippen LogP contribution in [0.1, 0.15) is 36.1 Å². The first-order valence-corrected chi connectivity index (χ1v) is 22.6. The number of hydrogen-bond donors (Lipinski definition) is 2. The fourth-order valence-corrected chi connectivity index (χ4v) is 9.94. The molecule has 1 unspecified atom stereocenters. The number of halogens is 1. The van der Waals surface area contributed by atoms with E-state index >= 15 is 0 Å². The van der Waals surface area contributed by atoms with Crippen molar-refractivity contribution in [2.75, 3.05) is 50.7 Å². The number of benzene rings is 3. The second kappa shape index (κ2) is 19.4. The highest BCUT2D eigenvalue weighted by atomic mass is 35.5. The van der Waals surface area contributed by atoms with Gasteiger partial charge in [0.1, 0.15) is 18.2 Å². The first-order valence-electron chi connectivity index (χ1n) is 19.7. The molecule has 3 aromatic carbocycles. The number of allylic oxidation sites excluding steroid dienone is 2. The number of rotatable bonds is 15. The summed E-state index contributed by atoms with van der Waals surface area (Å²) in [5, 5.41) is 13.2. The largest absolute Gasteiger partial charge is 0.380 e. The lowest BCUT2D eigenvalue weighted by Crippen LogP contribution is -2.46. The zero-order valence-corrected chi connectivity index (χ0v) is 35.3. The average molecular weight is 834 g/mol. The summed E-state index contributed by atoms with van der Waals surface area (Å²) in [5.41, 5.74) is 6.11. The number of nitrogens with zero attached hydrogens (tertiary/aromatic N) is 6. The van der Waals surface area contributed by atoms with E-state index in [0.717, 1.165) is 78.9 Å². The van der Waals surface area contributed by atoms with Crippen LogP contribution in [0.2, 0.25) is 5.02 Å². The van der Waals surface area contributed by atoms with Crippen molar-refractivity contribution in [1.82, 2.24) is 30.0 Å². The van der Waals surface area contributed by atoms with Crippen LogP contribution in [0.25, 0.3) is 11.1 Å². The lowest BCUT2D eigenvalue weighted by atomic mass is 9.96. The molecule has 0 spiro atoms. The molecule has 13 heteroatoms. The molecule has 2 atom stereocenters. The maximum Gasteiger partial charge on any atom is 0.251 e. The summed E-state index contributed by atoms with van der Waals surface area (Å²) < 4.78 is 30.6. The number of nitriles is 1. The van der Waals surface area contributed by atoms with Crippen LogP contribution in [0.4, 0.5) is 5.82 Å². The quantitative estimate of drug-likeness (QED) is 0.0960. The molecule has 0 saturated carbocycles. The predicted octanol–water partition coefficient (Wildman–Crippen LogP) is 6.98. The van der Waals surface area contributed by atoms with Crippen molar-refractivity contribution in [3.05, 3.63) is 130 Å². The number of fused-ring (bicyclic) bond motifs is 1. The van der Waals surface area contributed by atoms with Gasteiger partial charge in [0.05, 0.1) is 17.0 Å². The second-order valence-corrected chi connectivity index (χ2v) is 18.5. The van der Waals surface area contributed by atoms with Gasteiger partial charge in [0.15, 0.2) is 5.25 Å². The Morgan fingerprint density at radius 1 is 1.02 bits per heavy atom. The highest BCUT2D eigenvalue weighted by Gasteiger charge is 2.32. The maximum atomic E-state index is 13.9. The lowest BCUT2D eigenvalue weighted by Gasteiger charge is -2.40. The fourth-order valence-electron chi connectivity index (χ4n) is 7.71. The number of likely N-dealkylation sites (tertiary alicyclic amines) is 1. The Morgan fingerprint density at radius 3 is 2.53 bits per heavy atom. The number of thioether (sulfide) groups is 1. The van der Waals surface area contributed by atoms with Gasteiger partial charge in [-0.25, -0.2) is 18.4 Å². The molecule has 0 amide bonds. The number of anilines is 1. The van der Waals surface area contributed by atoms with Crippen LogP contribution in [0.5, 0.6) is 0 Å². The van der Waals surface area contributed by atoms with E-state index in [1.54, 1.807) is 17.8 Å². The van der Waals surface area contributed by atoms with Gasteiger partial charge < -0.3 is 10.2 Å². The molecule has 1 aliphatic carbocycles. The zero-order valence-electron chi connectivity index (χ0n) is 32.9. The minimum absolute atomic E-state index is 0.0200. The summed E-state index contributed by atoms with van der Waals surface area (Å²) in [7, 11) is -0.0235. The second-order valence-electron chi connectivity index (χ2n) is 15.2. The molecule has 300 valence electrons. The molecule has 2 aliphatic heterocycles. The van der Waals surface area contributed by atoms with Crippen molar-refractivity contribution in [1.29, 1.82) is 5.26 Å². The number of piperidine rings is 1. The third-order valence-corrected chi connectivity index (χ3v) is 13.7. The predicted molar refractivity (Wildman–Crippen MR) is 234 cm³/mol. The number of hydrogen-bond acceptors (Lipinski definition) is 10. The van der Waals surface area contributed by atoms with E-state index in [0.29, 0.717) is 24.7 Å². The van der Waals surface area contributed by atoms with Crippen molar-refractivity contribution in [2.45, 2.75) is 61.0 Å². The van der Waals surface area contributed by atoms with Crippen molar-refractivity contribution < 1.29 is 8.42 Å². The van der Waals surface area contributed by atoms with E-state index in [1.165, 1.54) is 29.1 Å². The standard InChI is InChI=1S/C45H49ClN8O2S2/c1-52(2)23-19-37(31-57-39-10-4-3-5-11-39)50-43-14-8-12-40(27-35(43)28-47)58(55,56)51-45-42-22-26-54(30-44(42)48-32-49-45)38-20-24-53(25-21-38)29-34-9-6-7-13-41(34)33-15-17-36(46)18-16-33/h3-7,9-11,13-18,27,32,37-38,40,50H,19-26,29-31H2,1-2H3,(H,48,49,51)/t37-,40?/m1/s1. The van der Waals surface area contributed by atoms with Gasteiger partial charge in [-0.2, -0.15) is 5.26 Å². The number of aromatic nitrogens is 2. The normalized spacial score (nSPS) is 18.2. The van der Waals surface area contributed by atoms with Crippen molar-refractivity contribution in [3.63, 3.8) is 0 Å². The molecule has 2 N–H and O–H groups in total. The third kappa shape index (κ3) is 10.7. The monoisotopic (exact) mass is 832 g/mol. The minimum Gasteiger partial charge on any atom is -0.380 e. The summed E-state index contributed by atoms with van der Waals surface area (Å²) in [6.45, 7) is 5.15. The van der Waals surface area contributed by atoms with Crippen LogP contribution in [-0.4, -0.2) is 96.4 Å². The molecule has 1 aromatic heterocycles. The van der Waals surface area contributed by atoms with Crippen LogP contribution in [0, 0.1) is 23.2 Å². The molecule has 1 fully saturated rings. The topological polar surface area (TPSA) is 117 Å². The highest BCUT2D eigenvalue weighted by molar-refractivity contribution is 7.99. The first-order chi connectivity index (χ1) is 28.1. The van der Waals surface area contributed by atoms with Gasteiger partial charge in [0.25, 0.3) is 10.0 Å². The summed E-state index contributed by atoms with van der Waals surface area (Å²) in [5.74, 6) is 6.83. The van der Waals surface area contributed by atoms with E-state index in [-0.39, 0.29) is 17.4 Å². The van der Waals surface area contributed by atoms with Gasteiger partial charge in [-0.1, -0.05) is 78.0 Å². The van der Waals surface area contributed by atoms with Crippen LogP contribution in [-0.2, 0) is 29.5 Å². The molecule has 3 aliphatic rings. The Hall–Kier alpha value is -4.66. The molecule has 7 rings (SSSR count). The van der Waals surface area contributed by atoms with Crippen LogP contribution in [0.15, 0.2) is 114 Å². The Bertz CT molecular complexity index is 2330. The molecule has 0 bridgehead atoms. The summed E-state index contributed by atoms with van der Waals surface area (Å²) in [6, 6.07) is 29.5. The smallest absolute Gasteiger partial charge is 0.251 e. The number of sulfonamides is 1. The fraction of sp³-hybridized carbons (Fsp3) is 0.356. The van der Waals surface area contributed by atoms with E-state index in [2.05, 4.69) is 101 Å². The number of nitrogens with one attached hydrogen (secondary N) is 2. The Balaban J connectivity index is 0.966. The summed E-state index contributed by atoms with van der Waals surface area (Å²) in [6.07, 6.45) is 8.04. The van der Waals surface area contributed by atoms with Gasteiger partial charge in [-0.3, -0.25) is 14.5 Å². The maximum absolute atomic E-state index is 13.9. The summed E-state index contributed by atoms with van der Waals surface area (Å²) in [4.78, 5) is 17.3. The minimum atomic E-state index is -4.08. The Morgan fingerprint density at radius 2 is 1.78 bits per heavy atom. The molecule has 10 nitrogen and oxygen atoms in total. The first kappa shape index (κ1) is 41.5. The molecule has 1 saturated heterocycles. The van der Waals surface area contributed by atoms with Crippen molar-refractivity contribution >= 4 is 39.2 Å². The van der Waals surface area contributed by atoms with Crippen LogP contribution >= 0.6 is 23.4 Å². The van der Waals surface area contributed by atoms with Gasteiger partial charge >= 0.3 is 0 Å². The van der Waals surface area contributed by atoms with E-state index < -0.39 is 15.3 Å². The van der Waals surface area contributed by atoms with E-state index in [4.69, 9.17) is 11.6 Å². The van der Waals surface area contributed by atoms with Crippen molar-refractivity contribution in [3.8, 4) is 29.0 Å². The Kier molecular flexibility index (Phi) is 13.9. The molecular formula is C45H49ClN8O2S2. The average Bonchev–Trinajstić information content (AvgIpc) is 3.45. The molecule has 0 radical (unpaired) electrons. The summed E-state index contributed by atoms with van der Waals surface area (Å²) >= 11 is 7.89. The molecular weight excluding hydrogens is 784 g/mol. The molecule has 3 heterocycles. The Labute approximate surface area is 352 Å². The third-order valence-electron chi connectivity index (χ3n) is 10.9. The lowest BCUT2D eigenvalue weighted by molar-refractivity contribution is 0.0937. The van der Waals surface area contributed by atoms with E-state index in [1.807, 2.05) is 44.4 Å². The molecule has 4 aromatic rings. The van der Waals surface area contributed by atoms with Gasteiger partial charge in [-0.15, -0.1) is 11.8 Å². The van der Waals surface area contributed by atoms with E-state index in [9.17, 15) is 13.7 Å². The SMILES string of the molecule is CN(C)CC[C@H](CSc1ccccc1)NC1=CC#CC(S(=O)(=O)Nc2ncnc3c2CCN(C2CCN(Cc4ccccc4-c4ccc(Cl)cc4)CC2)C3)C=C1C#N. The highest BCUT2D eigenvalue weighted by Crippen LogP contribution is 2.31. The van der Waals surface area contributed by atoms with Crippen molar-refractivity contribution in [2.24, 2.45) is 0 Å².